The van der Waals surface area contributed by atoms with Gasteiger partial charge in [0, 0.05) is 10.1 Å². The summed E-state index contributed by atoms with van der Waals surface area (Å²) in [5, 5.41) is 2.55. The Morgan fingerprint density at radius 3 is 2.47 bits per heavy atom. The topological polar surface area (TPSA) is 66.5 Å². The molecule has 1 amide bonds. The van der Waals surface area contributed by atoms with Crippen LogP contribution in [0.2, 0.25) is 0 Å². The monoisotopic (exact) mass is 394 g/mol. The van der Waals surface area contributed by atoms with E-state index in [0.29, 0.717) is 12.2 Å². The molecule has 1 aromatic rings. The van der Waals surface area contributed by atoms with Gasteiger partial charge in [0.1, 0.15) is 6.54 Å². The van der Waals surface area contributed by atoms with Crippen molar-refractivity contribution in [3.63, 3.8) is 0 Å². The number of benzene rings is 1. The Bertz CT molecular complexity index is 555. The third-order valence-corrected chi connectivity index (χ3v) is 4.11. The Hall–Kier alpha value is -1.09. The smallest absolute Gasteiger partial charge is 0.241 e. The van der Waals surface area contributed by atoms with Gasteiger partial charge >= 0.3 is 0 Å². The van der Waals surface area contributed by atoms with Gasteiger partial charge in [0.2, 0.25) is 15.9 Å². The van der Waals surface area contributed by atoms with Crippen LogP contribution in [0.5, 0.6) is 0 Å². The van der Waals surface area contributed by atoms with E-state index < -0.39 is 10.0 Å². The predicted octanol–water partition coefficient (Wildman–Crippen LogP) is 1.36. The number of carbonyl (C=O) groups excluding carboxylic acids is 1. The first-order valence-corrected chi connectivity index (χ1v) is 8.38. The van der Waals surface area contributed by atoms with Crippen molar-refractivity contribution in [1.82, 2.24) is 5.32 Å². The zero-order valence-electron chi connectivity index (χ0n) is 10.5. The minimum atomic E-state index is -3.51. The molecule has 0 unspecified atom stereocenters. The molecule has 104 valence electrons. The quantitative estimate of drug-likeness (QED) is 0.586. The van der Waals surface area contributed by atoms with Crippen molar-refractivity contribution < 1.29 is 13.2 Å². The van der Waals surface area contributed by atoms with Crippen LogP contribution in [-0.4, -0.2) is 33.7 Å². The van der Waals surface area contributed by atoms with E-state index in [0.717, 1.165) is 14.1 Å². The highest BCUT2D eigenvalue weighted by atomic mass is 127. The molecule has 1 N–H and O–H groups in total. The van der Waals surface area contributed by atoms with Crippen LogP contribution in [0.4, 0.5) is 5.69 Å². The van der Waals surface area contributed by atoms with Gasteiger partial charge in [-0.3, -0.25) is 9.10 Å². The second kappa shape index (κ2) is 6.90. The molecule has 7 heteroatoms. The van der Waals surface area contributed by atoms with Gasteiger partial charge in [0.25, 0.3) is 0 Å². The van der Waals surface area contributed by atoms with Gasteiger partial charge in [0.15, 0.2) is 0 Å². The minimum Gasteiger partial charge on any atom is -0.351 e. The molecule has 19 heavy (non-hydrogen) atoms. The van der Waals surface area contributed by atoms with E-state index in [1.165, 1.54) is 6.08 Å². The average Bonchev–Trinajstić information content (AvgIpc) is 2.33. The van der Waals surface area contributed by atoms with Gasteiger partial charge in [-0.2, -0.15) is 0 Å². The summed E-state index contributed by atoms with van der Waals surface area (Å²) in [5.41, 5.74) is 0.469. The number of halogens is 1. The van der Waals surface area contributed by atoms with E-state index in [4.69, 9.17) is 0 Å². The van der Waals surface area contributed by atoms with E-state index in [9.17, 15) is 13.2 Å². The number of nitrogens with one attached hydrogen (secondary N) is 1. The normalized spacial score (nSPS) is 10.8. The molecule has 0 saturated carbocycles. The van der Waals surface area contributed by atoms with Crippen LogP contribution in [0.3, 0.4) is 0 Å². The van der Waals surface area contributed by atoms with Crippen molar-refractivity contribution in [2.75, 3.05) is 23.7 Å². The van der Waals surface area contributed by atoms with Gasteiger partial charge < -0.3 is 5.32 Å². The standard InChI is InChI=1S/C12H15IN2O3S/c1-3-8-14-12(16)9-15(19(2,17)18)11-6-4-10(13)5-7-11/h3-7H,1,8-9H2,2H3,(H,14,16). The maximum atomic E-state index is 11.7. The predicted molar refractivity (Wildman–Crippen MR) is 84.6 cm³/mol. The molecule has 0 aliphatic rings. The molecule has 0 aliphatic heterocycles. The number of anilines is 1. The van der Waals surface area contributed by atoms with Crippen LogP contribution in [0.1, 0.15) is 0 Å². The summed E-state index contributed by atoms with van der Waals surface area (Å²) >= 11 is 2.13. The molecule has 5 nitrogen and oxygen atoms in total. The zero-order valence-corrected chi connectivity index (χ0v) is 13.4. The second-order valence-electron chi connectivity index (χ2n) is 3.84. The summed E-state index contributed by atoms with van der Waals surface area (Å²) in [6.07, 6.45) is 2.61. The zero-order chi connectivity index (χ0) is 14.5. The van der Waals surface area contributed by atoms with E-state index >= 15 is 0 Å². The number of amides is 1. The maximum absolute atomic E-state index is 11.7. The van der Waals surface area contributed by atoms with Crippen molar-refractivity contribution in [2.45, 2.75) is 0 Å². The molecular formula is C12H15IN2O3S. The summed E-state index contributed by atoms with van der Waals surface area (Å²) in [6, 6.07) is 6.92. The molecule has 0 radical (unpaired) electrons. The lowest BCUT2D eigenvalue weighted by molar-refractivity contribution is -0.119. The lowest BCUT2D eigenvalue weighted by atomic mass is 10.3. The van der Waals surface area contributed by atoms with Crippen molar-refractivity contribution in [2.24, 2.45) is 0 Å². The lowest BCUT2D eigenvalue weighted by Gasteiger charge is -2.21. The number of rotatable bonds is 6. The van der Waals surface area contributed by atoms with E-state index in [1.807, 2.05) is 0 Å². The SMILES string of the molecule is C=CCNC(=O)CN(c1ccc(I)cc1)S(C)(=O)=O. The molecule has 0 saturated heterocycles. The molecule has 0 bridgehead atoms. The van der Waals surface area contributed by atoms with Gasteiger partial charge in [-0.1, -0.05) is 6.08 Å². The fourth-order valence-electron chi connectivity index (χ4n) is 1.38. The summed E-state index contributed by atoms with van der Waals surface area (Å²) in [5.74, 6) is -0.371. The molecule has 0 aromatic heterocycles. The lowest BCUT2D eigenvalue weighted by Crippen LogP contribution is -2.40. The highest BCUT2D eigenvalue weighted by Crippen LogP contribution is 2.18. The first-order chi connectivity index (χ1) is 8.84. The molecule has 0 aliphatic carbocycles. The summed E-state index contributed by atoms with van der Waals surface area (Å²) < 4.78 is 25.6. The summed E-state index contributed by atoms with van der Waals surface area (Å²) in [6.45, 7) is 3.55. The molecular weight excluding hydrogens is 379 g/mol. The van der Waals surface area contributed by atoms with Crippen LogP contribution >= 0.6 is 22.6 Å². The van der Waals surface area contributed by atoms with Crippen LogP contribution in [0, 0.1) is 3.57 Å². The Labute approximate surface area is 126 Å². The first kappa shape index (κ1) is 16.0. The van der Waals surface area contributed by atoms with Gasteiger partial charge in [-0.15, -0.1) is 6.58 Å². The van der Waals surface area contributed by atoms with E-state index in [2.05, 4.69) is 34.5 Å². The summed E-state index contributed by atoms with van der Waals surface area (Å²) in [7, 11) is -3.51. The molecule has 0 spiro atoms. The minimum absolute atomic E-state index is 0.243. The van der Waals surface area contributed by atoms with Crippen molar-refractivity contribution in [3.8, 4) is 0 Å². The van der Waals surface area contributed by atoms with Crippen molar-refractivity contribution >= 4 is 44.2 Å². The third kappa shape index (κ3) is 5.19. The fraction of sp³-hybridized carbons (Fsp3) is 0.250. The Morgan fingerprint density at radius 2 is 2.00 bits per heavy atom. The molecule has 1 rings (SSSR count). The Kier molecular flexibility index (Phi) is 5.80. The van der Waals surface area contributed by atoms with Crippen molar-refractivity contribution in [3.05, 3.63) is 40.5 Å². The van der Waals surface area contributed by atoms with Crippen LogP contribution in [0.15, 0.2) is 36.9 Å². The van der Waals surface area contributed by atoms with Crippen LogP contribution < -0.4 is 9.62 Å². The fourth-order valence-corrected chi connectivity index (χ4v) is 2.60. The Balaban J connectivity index is 2.94. The number of hydrogen-bond acceptors (Lipinski definition) is 3. The van der Waals surface area contributed by atoms with Gasteiger partial charge in [0.05, 0.1) is 11.9 Å². The number of carbonyl (C=O) groups is 1. The third-order valence-electron chi connectivity index (χ3n) is 2.25. The van der Waals surface area contributed by atoms with Crippen LogP contribution in [0.25, 0.3) is 0 Å². The average molecular weight is 394 g/mol. The largest absolute Gasteiger partial charge is 0.351 e. The number of nitrogens with zero attached hydrogens (tertiary/aromatic N) is 1. The maximum Gasteiger partial charge on any atom is 0.241 e. The molecule has 0 fully saturated rings. The number of sulfonamides is 1. The van der Waals surface area contributed by atoms with Gasteiger partial charge in [-0.05, 0) is 46.9 Å². The first-order valence-electron chi connectivity index (χ1n) is 5.45. The molecule has 0 atom stereocenters. The van der Waals surface area contributed by atoms with Crippen molar-refractivity contribution in [1.29, 1.82) is 0 Å². The second-order valence-corrected chi connectivity index (χ2v) is 6.99. The molecule has 0 heterocycles. The van der Waals surface area contributed by atoms with Crippen LogP contribution in [-0.2, 0) is 14.8 Å². The number of hydrogen-bond donors (Lipinski definition) is 1. The summed E-state index contributed by atoms with van der Waals surface area (Å²) in [4.78, 5) is 11.6. The molecule has 1 aromatic carbocycles. The highest BCUT2D eigenvalue weighted by molar-refractivity contribution is 14.1. The van der Waals surface area contributed by atoms with E-state index in [-0.39, 0.29) is 12.5 Å². The van der Waals surface area contributed by atoms with Gasteiger partial charge in [-0.25, -0.2) is 8.42 Å². The van der Waals surface area contributed by atoms with E-state index in [1.54, 1.807) is 24.3 Å². The highest BCUT2D eigenvalue weighted by Gasteiger charge is 2.20. The Morgan fingerprint density at radius 1 is 1.42 bits per heavy atom.